The molecule has 0 aliphatic heterocycles. The maximum absolute atomic E-state index is 12.0. The molecule has 19 heavy (non-hydrogen) atoms. The minimum Gasteiger partial charge on any atom is -0.391 e. The molecule has 1 amide bonds. The molecule has 0 spiro atoms. The monoisotopic (exact) mass is 267 g/mol. The number of hydrogen-bond acceptors (Lipinski definition) is 4. The number of benzene rings is 1. The van der Waals surface area contributed by atoms with Crippen LogP contribution in [-0.2, 0) is 14.3 Å². The van der Waals surface area contributed by atoms with Gasteiger partial charge in [0.05, 0.1) is 12.7 Å². The Morgan fingerprint density at radius 3 is 2.58 bits per heavy atom. The molecule has 2 N–H and O–H groups in total. The smallest absolute Gasteiger partial charge is 0.253 e. The standard InChI is InChI=1S/C14H21NO4/c1-18-10-12(16)8-9-15-14(17)13(19-2)11-6-4-3-5-7-11/h3-7,12-13,16H,8-10H2,1-2H3,(H,15,17). The fourth-order valence-electron chi connectivity index (χ4n) is 1.75. The van der Waals surface area contributed by atoms with Gasteiger partial charge in [0.15, 0.2) is 6.10 Å². The van der Waals surface area contributed by atoms with Gasteiger partial charge in [-0.2, -0.15) is 0 Å². The van der Waals surface area contributed by atoms with Crippen molar-refractivity contribution in [1.82, 2.24) is 5.32 Å². The van der Waals surface area contributed by atoms with Crippen molar-refractivity contribution in [2.75, 3.05) is 27.4 Å². The number of carbonyl (C=O) groups excluding carboxylic acids is 1. The zero-order valence-corrected chi connectivity index (χ0v) is 11.3. The number of methoxy groups -OCH3 is 2. The van der Waals surface area contributed by atoms with E-state index in [0.717, 1.165) is 5.56 Å². The van der Waals surface area contributed by atoms with E-state index in [1.54, 1.807) is 0 Å². The summed E-state index contributed by atoms with van der Waals surface area (Å²) in [5.41, 5.74) is 0.805. The van der Waals surface area contributed by atoms with Gasteiger partial charge in [0, 0.05) is 20.8 Å². The fourth-order valence-corrected chi connectivity index (χ4v) is 1.75. The highest BCUT2D eigenvalue weighted by molar-refractivity contribution is 5.82. The van der Waals surface area contributed by atoms with Gasteiger partial charge in [-0.25, -0.2) is 0 Å². The Kier molecular flexibility index (Phi) is 7.10. The first-order valence-corrected chi connectivity index (χ1v) is 6.21. The van der Waals surface area contributed by atoms with E-state index in [1.807, 2.05) is 30.3 Å². The van der Waals surface area contributed by atoms with E-state index in [0.29, 0.717) is 13.0 Å². The molecule has 0 aliphatic carbocycles. The van der Waals surface area contributed by atoms with Crippen LogP contribution in [0, 0.1) is 0 Å². The van der Waals surface area contributed by atoms with E-state index in [1.165, 1.54) is 14.2 Å². The molecule has 1 aromatic carbocycles. The molecule has 0 fully saturated rings. The molecular formula is C14H21NO4. The van der Waals surface area contributed by atoms with E-state index in [4.69, 9.17) is 9.47 Å². The summed E-state index contributed by atoms with van der Waals surface area (Å²) in [7, 11) is 3.02. The Morgan fingerprint density at radius 1 is 1.32 bits per heavy atom. The lowest BCUT2D eigenvalue weighted by Gasteiger charge is -2.16. The van der Waals surface area contributed by atoms with Crippen LogP contribution >= 0.6 is 0 Å². The molecular weight excluding hydrogens is 246 g/mol. The van der Waals surface area contributed by atoms with Gasteiger partial charge in [0.25, 0.3) is 5.91 Å². The molecule has 1 aromatic rings. The second-order valence-corrected chi connectivity index (χ2v) is 4.22. The molecule has 5 nitrogen and oxygen atoms in total. The topological polar surface area (TPSA) is 67.8 Å². The van der Waals surface area contributed by atoms with Crippen molar-refractivity contribution in [1.29, 1.82) is 0 Å². The molecule has 1 rings (SSSR count). The minimum absolute atomic E-state index is 0.210. The quantitative estimate of drug-likeness (QED) is 0.734. The van der Waals surface area contributed by atoms with Gasteiger partial charge in [-0.1, -0.05) is 30.3 Å². The van der Waals surface area contributed by atoms with Crippen LogP contribution in [0.2, 0.25) is 0 Å². The van der Waals surface area contributed by atoms with E-state index in [9.17, 15) is 9.90 Å². The van der Waals surface area contributed by atoms with Gasteiger partial charge in [0.2, 0.25) is 0 Å². The summed E-state index contributed by atoms with van der Waals surface area (Å²) in [6.45, 7) is 0.651. The van der Waals surface area contributed by atoms with Gasteiger partial charge in [-0.15, -0.1) is 0 Å². The molecule has 0 radical (unpaired) electrons. The number of aliphatic hydroxyl groups excluding tert-OH is 1. The van der Waals surface area contributed by atoms with Crippen molar-refractivity contribution in [3.05, 3.63) is 35.9 Å². The fraction of sp³-hybridized carbons (Fsp3) is 0.500. The lowest BCUT2D eigenvalue weighted by Crippen LogP contribution is -2.33. The van der Waals surface area contributed by atoms with Crippen LogP contribution in [0.1, 0.15) is 18.1 Å². The van der Waals surface area contributed by atoms with E-state index >= 15 is 0 Å². The number of rotatable bonds is 8. The van der Waals surface area contributed by atoms with Gasteiger partial charge >= 0.3 is 0 Å². The Labute approximate surface area is 113 Å². The third-order valence-corrected chi connectivity index (χ3v) is 2.71. The summed E-state index contributed by atoms with van der Waals surface area (Å²) >= 11 is 0. The molecule has 0 saturated carbocycles. The molecule has 0 heterocycles. The van der Waals surface area contributed by atoms with Gasteiger partial charge in [-0.3, -0.25) is 4.79 Å². The number of nitrogens with one attached hydrogen (secondary N) is 1. The average molecular weight is 267 g/mol. The van der Waals surface area contributed by atoms with Crippen molar-refractivity contribution in [2.24, 2.45) is 0 Å². The molecule has 0 aliphatic rings. The predicted molar refractivity (Wildman–Crippen MR) is 71.7 cm³/mol. The van der Waals surface area contributed by atoms with Crippen molar-refractivity contribution in [3.63, 3.8) is 0 Å². The maximum Gasteiger partial charge on any atom is 0.253 e. The van der Waals surface area contributed by atoms with E-state index in [-0.39, 0.29) is 12.5 Å². The molecule has 0 bridgehead atoms. The Balaban J connectivity index is 2.43. The van der Waals surface area contributed by atoms with E-state index < -0.39 is 12.2 Å². The van der Waals surface area contributed by atoms with Crippen LogP contribution in [0.4, 0.5) is 0 Å². The summed E-state index contributed by atoms with van der Waals surface area (Å²) in [6.07, 6.45) is -0.742. The van der Waals surface area contributed by atoms with Crippen LogP contribution < -0.4 is 5.32 Å². The number of aliphatic hydroxyl groups is 1. The van der Waals surface area contributed by atoms with Crippen LogP contribution in [0.3, 0.4) is 0 Å². The van der Waals surface area contributed by atoms with Crippen molar-refractivity contribution < 1.29 is 19.4 Å². The molecule has 2 atom stereocenters. The number of ether oxygens (including phenoxy) is 2. The van der Waals surface area contributed by atoms with Crippen molar-refractivity contribution in [3.8, 4) is 0 Å². The molecule has 5 heteroatoms. The summed E-state index contributed by atoms with van der Waals surface area (Å²) in [5, 5.41) is 12.2. The van der Waals surface area contributed by atoms with Crippen LogP contribution in [0.25, 0.3) is 0 Å². The van der Waals surface area contributed by atoms with Crippen LogP contribution in [0.5, 0.6) is 0 Å². The largest absolute Gasteiger partial charge is 0.391 e. The van der Waals surface area contributed by atoms with E-state index in [2.05, 4.69) is 5.32 Å². The first kappa shape index (κ1) is 15.6. The normalized spacial score (nSPS) is 13.8. The SMILES string of the molecule is COCC(O)CCNC(=O)C(OC)c1ccccc1. The van der Waals surface area contributed by atoms with Gasteiger partial charge in [-0.05, 0) is 12.0 Å². The van der Waals surface area contributed by atoms with Crippen molar-refractivity contribution >= 4 is 5.91 Å². The van der Waals surface area contributed by atoms with Crippen molar-refractivity contribution in [2.45, 2.75) is 18.6 Å². The summed E-state index contributed by atoms with van der Waals surface area (Å²) in [4.78, 5) is 12.0. The van der Waals surface area contributed by atoms with Crippen LogP contribution in [0.15, 0.2) is 30.3 Å². The zero-order chi connectivity index (χ0) is 14.1. The highest BCUT2D eigenvalue weighted by atomic mass is 16.5. The first-order chi connectivity index (χ1) is 9.19. The number of carbonyl (C=O) groups is 1. The Hall–Kier alpha value is -1.43. The second kappa shape index (κ2) is 8.63. The summed E-state index contributed by atoms with van der Waals surface area (Å²) < 4.78 is 10.0. The summed E-state index contributed by atoms with van der Waals surface area (Å²) in [6, 6.07) is 9.28. The Morgan fingerprint density at radius 2 is 2.00 bits per heavy atom. The molecule has 0 aromatic heterocycles. The molecule has 2 unspecified atom stereocenters. The zero-order valence-electron chi connectivity index (χ0n) is 11.3. The highest BCUT2D eigenvalue weighted by Crippen LogP contribution is 2.15. The maximum atomic E-state index is 12.0. The highest BCUT2D eigenvalue weighted by Gasteiger charge is 2.19. The summed E-state index contributed by atoms with van der Waals surface area (Å²) in [5.74, 6) is -0.210. The lowest BCUT2D eigenvalue weighted by atomic mass is 10.1. The minimum atomic E-state index is -0.624. The first-order valence-electron chi connectivity index (χ1n) is 6.21. The average Bonchev–Trinajstić information content (AvgIpc) is 2.41. The van der Waals surface area contributed by atoms with Gasteiger partial charge < -0.3 is 19.9 Å². The molecule has 106 valence electrons. The van der Waals surface area contributed by atoms with Crippen LogP contribution in [-0.4, -0.2) is 44.5 Å². The number of hydrogen-bond donors (Lipinski definition) is 2. The molecule has 0 saturated heterocycles. The second-order valence-electron chi connectivity index (χ2n) is 4.22. The van der Waals surface area contributed by atoms with Gasteiger partial charge in [0.1, 0.15) is 0 Å². The Bertz CT molecular complexity index is 369. The third kappa shape index (κ3) is 5.38. The number of amides is 1. The lowest BCUT2D eigenvalue weighted by molar-refractivity contribution is -0.131. The predicted octanol–water partition coefficient (Wildman–Crippen LogP) is 0.888. The third-order valence-electron chi connectivity index (χ3n) is 2.71.